The Morgan fingerprint density at radius 3 is 3.04 bits per heavy atom. The molecule has 2 aromatic heterocycles. The van der Waals surface area contributed by atoms with E-state index in [4.69, 9.17) is 0 Å². The van der Waals surface area contributed by atoms with Gasteiger partial charge in [0, 0.05) is 31.4 Å². The van der Waals surface area contributed by atoms with Crippen LogP contribution in [-0.2, 0) is 11.3 Å². The summed E-state index contributed by atoms with van der Waals surface area (Å²) in [7, 11) is 0. The van der Waals surface area contributed by atoms with Gasteiger partial charge in [-0.2, -0.15) is 0 Å². The Labute approximate surface area is 161 Å². The highest BCUT2D eigenvalue weighted by atomic mass is 32.1. The lowest BCUT2D eigenvalue weighted by molar-refractivity contribution is -0.116. The largest absolute Gasteiger partial charge is 0.351 e. The fourth-order valence-electron chi connectivity index (χ4n) is 3.06. The predicted octanol–water partition coefficient (Wildman–Crippen LogP) is 3.20. The number of nitrogens with zero attached hydrogens (tertiary/aromatic N) is 2. The molecule has 1 aliphatic heterocycles. The number of carbonyl (C=O) groups is 2. The van der Waals surface area contributed by atoms with E-state index < -0.39 is 0 Å². The summed E-state index contributed by atoms with van der Waals surface area (Å²) in [5, 5.41) is 10.1. The molecule has 0 spiro atoms. The molecule has 2 N–H and O–H groups in total. The number of nitrogens with one attached hydrogen (secondary N) is 2. The Morgan fingerprint density at radius 1 is 1.38 bits per heavy atom. The van der Waals surface area contributed by atoms with Crippen LogP contribution in [0.2, 0.25) is 0 Å². The minimum absolute atomic E-state index is 0.135. The molecule has 0 unspecified atom stereocenters. The van der Waals surface area contributed by atoms with Crippen molar-refractivity contribution in [3.05, 3.63) is 33.5 Å². The number of amides is 2. The van der Waals surface area contributed by atoms with Gasteiger partial charge in [-0.25, -0.2) is 4.98 Å². The van der Waals surface area contributed by atoms with E-state index in [2.05, 4.69) is 27.4 Å². The minimum Gasteiger partial charge on any atom is -0.351 e. The maximum absolute atomic E-state index is 12.0. The van der Waals surface area contributed by atoms with Gasteiger partial charge in [0.1, 0.15) is 0 Å². The smallest absolute Gasteiger partial charge is 0.261 e. The summed E-state index contributed by atoms with van der Waals surface area (Å²) in [6, 6.07) is 3.59. The molecule has 1 atom stereocenters. The number of anilines is 1. The van der Waals surface area contributed by atoms with E-state index in [1.165, 1.54) is 35.5 Å². The van der Waals surface area contributed by atoms with Crippen LogP contribution in [0.5, 0.6) is 0 Å². The molecule has 3 heterocycles. The van der Waals surface area contributed by atoms with Crippen molar-refractivity contribution in [1.82, 2.24) is 15.2 Å². The molecular formula is C18H24N4O2S2. The van der Waals surface area contributed by atoms with E-state index in [1.54, 1.807) is 6.07 Å². The average Bonchev–Trinajstić information content (AvgIpc) is 3.27. The van der Waals surface area contributed by atoms with E-state index >= 15 is 0 Å². The summed E-state index contributed by atoms with van der Waals surface area (Å²) in [5.74, 6) is 0.468. The second-order valence-electron chi connectivity index (χ2n) is 6.66. The minimum atomic E-state index is -0.139. The first-order valence-electron chi connectivity index (χ1n) is 8.88. The molecule has 6 nitrogen and oxygen atoms in total. The third-order valence-corrected chi connectivity index (χ3v) is 5.98. The first-order chi connectivity index (χ1) is 12.6. The molecule has 2 aromatic rings. The summed E-state index contributed by atoms with van der Waals surface area (Å²) in [5.41, 5.74) is 1.00. The second-order valence-corrected chi connectivity index (χ2v) is 8.46. The number of likely N-dealkylation sites (tertiary alicyclic amines) is 1. The highest BCUT2D eigenvalue weighted by Gasteiger charge is 2.17. The number of thiazole rings is 1. The van der Waals surface area contributed by atoms with Crippen LogP contribution in [0.4, 0.5) is 5.13 Å². The van der Waals surface area contributed by atoms with Crippen molar-refractivity contribution >= 4 is 39.6 Å². The van der Waals surface area contributed by atoms with Crippen molar-refractivity contribution in [3.63, 3.8) is 0 Å². The van der Waals surface area contributed by atoms with E-state index in [0.29, 0.717) is 16.6 Å². The van der Waals surface area contributed by atoms with Gasteiger partial charge in [-0.3, -0.25) is 14.5 Å². The van der Waals surface area contributed by atoms with Gasteiger partial charge in [-0.15, -0.1) is 22.7 Å². The van der Waals surface area contributed by atoms with Gasteiger partial charge in [-0.1, -0.05) is 13.0 Å². The monoisotopic (exact) mass is 392 g/mol. The summed E-state index contributed by atoms with van der Waals surface area (Å²) in [6.45, 7) is 5.67. The average molecular weight is 393 g/mol. The zero-order chi connectivity index (χ0) is 18.4. The number of piperidine rings is 1. The van der Waals surface area contributed by atoms with Gasteiger partial charge in [0.15, 0.2) is 5.13 Å². The highest BCUT2D eigenvalue weighted by molar-refractivity contribution is 7.14. The standard InChI is InChI=1S/C18H24N4O2S2/c1-13-4-2-8-22(10-13)11-14-12-26-18(20-14)21-16(23)6-7-19-17(24)15-5-3-9-25-15/h3,5,9,12-13H,2,4,6-8,10-11H2,1H3,(H,19,24)(H,20,21,23)/t13-/m0/s1. The van der Waals surface area contributed by atoms with Crippen LogP contribution >= 0.6 is 22.7 Å². The predicted molar refractivity (Wildman–Crippen MR) is 106 cm³/mol. The van der Waals surface area contributed by atoms with E-state index in [1.807, 2.05) is 16.8 Å². The molecule has 1 saturated heterocycles. The molecule has 0 aliphatic carbocycles. The molecule has 0 aromatic carbocycles. The van der Waals surface area contributed by atoms with Crippen molar-refractivity contribution in [2.45, 2.75) is 32.7 Å². The topological polar surface area (TPSA) is 74.3 Å². The Balaban J connectivity index is 1.39. The summed E-state index contributed by atoms with van der Waals surface area (Å²) >= 11 is 2.83. The number of rotatable bonds is 7. The fourth-order valence-corrected chi connectivity index (χ4v) is 4.42. The van der Waals surface area contributed by atoms with Crippen LogP contribution in [0.15, 0.2) is 22.9 Å². The normalized spacial score (nSPS) is 17.8. The molecule has 8 heteroatoms. The maximum atomic E-state index is 12.0. The maximum Gasteiger partial charge on any atom is 0.261 e. The van der Waals surface area contributed by atoms with Crippen molar-refractivity contribution in [3.8, 4) is 0 Å². The third kappa shape index (κ3) is 5.62. The Hall–Kier alpha value is -1.77. The molecule has 1 aliphatic rings. The number of hydrogen-bond donors (Lipinski definition) is 2. The lowest BCUT2D eigenvalue weighted by Crippen LogP contribution is -2.33. The quantitative estimate of drug-likeness (QED) is 0.759. The number of hydrogen-bond acceptors (Lipinski definition) is 6. The van der Waals surface area contributed by atoms with Crippen molar-refractivity contribution in [2.75, 3.05) is 25.0 Å². The van der Waals surface area contributed by atoms with Gasteiger partial charge in [-0.05, 0) is 36.8 Å². The Kier molecular flexibility index (Phi) is 6.76. The molecule has 26 heavy (non-hydrogen) atoms. The Morgan fingerprint density at radius 2 is 2.27 bits per heavy atom. The van der Waals surface area contributed by atoms with Crippen LogP contribution in [0.1, 0.15) is 41.6 Å². The van der Waals surface area contributed by atoms with Gasteiger partial charge in [0.05, 0.1) is 10.6 Å². The fraction of sp³-hybridized carbons (Fsp3) is 0.500. The SMILES string of the molecule is C[C@H]1CCCN(Cc2csc(NC(=O)CCNC(=O)c3cccs3)n2)C1. The van der Waals surface area contributed by atoms with E-state index in [-0.39, 0.29) is 18.2 Å². The Bertz CT molecular complexity index is 729. The second kappa shape index (κ2) is 9.25. The molecule has 0 saturated carbocycles. The summed E-state index contributed by atoms with van der Waals surface area (Å²) < 4.78 is 0. The van der Waals surface area contributed by atoms with Crippen molar-refractivity contribution in [2.24, 2.45) is 5.92 Å². The van der Waals surface area contributed by atoms with Crippen LogP contribution < -0.4 is 10.6 Å². The van der Waals surface area contributed by atoms with Crippen molar-refractivity contribution in [1.29, 1.82) is 0 Å². The van der Waals surface area contributed by atoms with Gasteiger partial charge in [0.2, 0.25) is 5.91 Å². The zero-order valence-electron chi connectivity index (χ0n) is 14.9. The van der Waals surface area contributed by atoms with Crippen LogP contribution in [-0.4, -0.2) is 41.3 Å². The number of carbonyl (C=O) groups excluding carboxylic acids is 2. The van der Waals surface area contributed by atoms with Crippen LogP contribution in [0, 0.1) is 5.92 Å². The van der Waals surface area contributed by atoms with Gasteiger partial charge < -0.3 is 10.6 Å². The molecule has 1 fully saturated rings. The summed E-state index contributed by atoms with van der Waals surface area (Å²) in [4.78, 5) is 31.4. The van der Waals surface area contributed by atoms with Crippen molar-refractivity contribution < 1.29 is 9.59 Å². The summed E-state index contributed by atoms with van der Waals surface area (Å²) in [6.07, 6.45) is 2.78. The number of thiophene rings is 1. The number of aromatic nitrogens is 1. The molecule has 0 radical (unpaired) electrons. The zero-order valence-corrected chi connectivity index (χ0v) is 16.5. The molecule has 0 bridgehead atoms. The van der Waals surface area contributed by atoms with Crippen LogP contribution in [0.25, 0.3) is 0 Å². The third-order valence-electron chi connectivity index (χ3n) is 4.31. The van der Waals surface area contributed by atoms with Gasteiger partial charge >= 0.3 is 0 Å². The van der Waals surface area contributed by atoms with Crippen LogP contribution in [0.3, 0.4) is 0 Å². The van der Waals surface area contributed by atoms with E-state index in [9.17, 15) is 9.59 Å². The molecule has 140 valence electrons. The molecular weight excluding hydrogens is 368 g/mol. The lowest BCUT2D eigenvalue weighted by Gasteiger charge is -2.30. The van der Waals surface area contributed by atoms with Gasteiger partial charge in [0.25, 0.3) is 5.91 Å². The highest BCUT2D eigenvalue weighted by Crippen LogP contribution is 2.21. The van der Waals surface area contributed by atoms with E-state index in [0.717, 1.165) is 31.2 Å². The molecule has 3 rings (SSSR count). The lowest BCUT2D eigenvalue weighted by atomic mass is 10.0. The first kappa shape index (κ1) is 19.0. The molecule has 2 amide bonds. The first-order valence-corrected chi connectivity index (χ1v) is 10.6.